The summed E-state index contributed by atoms with van der Waals surface area (Å²) in [6, 6.07) is 6.10. The number of hydrogen-bond donors (Lipinski definition) is 0. The quantitative estimate of drug-likeness (QED) is 0.745. The summed E-state index contributed by atoms with van der Waals surface area (Å²) in [6.45, 7) is 2.01. The van der Waals surface area contributed by atoms with E-state index >= 15 is 0 Å². The first kappa shape index (κ1) is 11.0. The van der Waals surface area contributed by atoms with Gasteiger partial charge in [0.2, 0.25) is 0 Å². The second-order valence-corrected chi connectivity index (χ2v) is 4.38. The summed E-state index contributed by atoms with van der Waals surface area (Å²) in [6.07, 6.45) is 2.66. The van der Waals surface area contributed by atoms with Crippen LogP contribution in [-0.4, -0.2) is 24.0 Å². The van der Waals surface area contributed by atoms with E-state index in [2.05, 4.69) is 21.0 Å². The lowest BCUT2D eigenvalue weighted by Gasteiger charge is -1.97. The molecule has 1 aromatic carbocycles. The fraction of sp³-hybridized carbons (Fsp3) is 0.250. The third-order valence-electron chi connectivity index (χ3n) is 2.20. The number of hydrogen-bond acceptors (Lipinski definition) is 4. The number of aromatic nitrogens is 1. The minimum absolute atomic E-state index is 0.797. The maximum atomic E-state index is 4.52. The molecule has 0 aliphatic carbocycles. The average Bonchev–Trinajstić information content (AvgIpc) is 2.73. The molecule has 2 aromatic rings. The average molecular weight is 231 g/mol. The van der Waals surface area contributed by atoms with Crippen molar-refractivity contribution in [2.45, 2.75) is 13.3 Å². The fourth-order valence-electron chi connectivity index (χ4n) is 1.41. The van der Waals surface area contributed by atoms with Crippen LogP contribution in [-0.2, 0) is 0 Å². The molecule has 0 unspecified atom stereocenters. The summed E-state index contributed by atoms with van der Waals surface area (Å²) >= 11 is 1.65. The monoisotopic (exact) mass is 231 g/mol. The van der Waals surface area contributed by atoms with E-state index in [-0.39, 0.29) is 0 Å². The molecule has 0 fully saturated rings. The van der Waals surface area contributed by atoms with E-state index in [0.717, 1.165) is 23.3 Å². The van der Waals surface area contributed by atoms with Gasteiger partial charge in [0.1, 0.15) is 0 Å². The molecule has 0 radical (unpaired) electrons. The highest BCUT2D eigenvalue weighted by Gasteiger charge is 1.98. The number of aliphatic imine (C=N–C) groups is 2. The number of fused-ring (bicyclic) bond motifs is 1. The van der Waals surface area contributed by atoms with E-state index in [1.54, 1.807) is 18.4 Å². The van der Waals surface area contributed by atoms with Crippen molar-refractivity contribution in [1.29, 1.82) is 0 Å². The molecule has 0 spiro atoms. The first-order chi connectivity index (χ1) is 7.79. The Labute approximate surface area is 98.6 Å². The standard InChI is InChI=1S/C12H13N3S/c1-9(5-6-13-2)15-10-3-4-12-11(7-10)14-8-16-12/h3-4,6-8H,5H2,1-2H3. The Morgan fingerprint density at radius 3 is 3.19 bits per heavy atom. The second kappa shape index (κ2) is 4.99. The number of thiazole rings is 1. The Morgan fingerprint density at radius 1 is 1.50 bits per heavy atom. The molecule has 82 valence electrons. The van der Waals surface area contributed by atoms with Crippen molar-refractivity contribution in [1.82, 2.24) is 4.98 Å². The van der Waals surface area contributed by atoms with Crippen molar-refractivity contribution in [2.24, 2.45) is 9.98 Å². The van der Waals surface area contributed by atoms with Gasteiger partial charge in [0.25, 0.3) is 0 Å². The van der Waals surface area contributed by atoms with Crippen molar-refractivity contribution in [2.75, 3.05) is 7.05 Å². The molecule has 0 bridgehead atoms. The third kappa shape index (κ3) is 2.52. The molecule has 1 heterocycles. The van der Waals surface area contributed by atoms with E-state index in [0.29, 0.717) is 0 Å². The highest BCUT2D eigenvalue weighted by molar-refractivity contribution is 7.16. The maximum absolute atomic E-state index is 4.52. The summed E-state index contributed by atoms with van der Waals surface area (Å²) in [5.74, 6) is 0. The van der Waals surface area contributed by atoms with Crippen molar-refractivity contribution in [3.8, 4) is 0 Å². The van der Waals surface area contributed by atoms with E-state index in [4.69, 9.17) is 0 Å². The Balaban J connectivity index is 2.26. The van der Waals surface area contributed by atoms with Crippen LogP contribution in [0.25, 0.3) is 10.2 Å². The van der Waals surface area contributed by atoms with Crippen LogP contribution in [0.4, 0.5) is 5.69 Å². The smallest absolute Gasteiger partial charge is 0.0833 e. The van der Waals surface area contributed by atoms with Crippen LogP contribution in [0.15, 0.2) is 33.7 Å². The van der Waals surface area contributed by atoms with Gasteiger partial charge in [-0.1, -0.05) is 0 Å². The molecule has 0 atom stereocenters. The number of rotatable bonds is 3. The van der Waals surface area contributed by atoms with Crippen molar-refractivity contribution in [3.05, 3.63) is 23.7 Å². The van der Waals surface area contributed by atoms with Crippen molar-refractivity contribution >= 4 is 39.2 Å². The first-order valence-corrected chi connectivity index (χ1v) is 5.95. The molecule has 0 saturated carbocycles. The predicted octanol–water partition coefficient (Wildman–Crippen LogP) is 3.48. The van der Waals surface area contributed by atoms with Gasteiger partial charge in [-0.15, -0.1) is 11.3 Å². The van der Waals surface area contributed by atoms with Gasteiger partial charge in [-0.2, -0.15) is 0 Å². The molecule has 1 aromatic heterocycles. The molecule has 0 amide bonds. The number of benzene rings is 1. The topological polar surface area (TPSA) is 37.6 Å². The van der Waals surface area contributed by atoms with Crippen LogP contribution in [0.1, 0.15) is 13.3 Å². The summed E-state index contributed by atoms with van der Waals surface area (Å²) in [5.41, 5.74) is 4.89. The third-order valence-corrected chi connectivity index (χ3v) is 3.01. The lowest BCUT2D eigenvalue weighted by atomic mass is 10.2. The van der Waals surface area contributed by atoms with Crippen LogP contribution in [0, 0.1) is 0 Å². The molecule has 16 heavy (non-hydrogen) atoms. The minimum atomic E-state index is 0.797. The highest BCUT2D eigenvalue weighted by atomic mass is 32.1. The first-order valence-electron chi connectivity index (χ1n) is 5.07. The molecule has 0 saturated heterocycles. The van der Waals surface area contributed by atoms with E-state index in [1.165, 1.54) is 4.70 Å². The summed E-state index contributed by atoms with van der Waals surface area (Å²) in [4.78, 5) is 12.7. The molecule has 4 heteroatoms. The van der Waals surface area contributed by atoms with Gasteiger partial charge in [0, 0.05) is 25.4 Å². The zero-order valence-corrected chi connectivity index (χ0v) is 10.2. The van der Waals surface area contributed by atoms with E-state index < -0.39 is 0 Å². The summed E-state index contributed by atoms with van der Waals surface area (Å²) in [7, 11) is 1.77. The second-order valence-electron chi connectivity index (χ2n) is 3.50. The SMILES string of the molecule is CN=CCC(C)=Nc1ccc2scnc2c1. The van der Waals surface area contributed by atoms with Gasteiger partial charge in [-0.25, -0.2) is 4.98 Å². The zero-order valence-electron chi connectivity index (χ0n) is 9.34. The Bertz CT molecular complexity index is 540. The van der Waals surface area contributed by atoms with Crippen LogP contribution in [0.3, 0.4) is 0 Å². The van der Waals surface area contributed by atoms with Crippen LogP contribution in [0.2, 0.25) is 0 Å². The predicted molar refractivity (Wildman–Crippen MR) is 71.4 cm³/mol. The molecule has 0 N–H and O–H groups in total. The molecule has 3 nitrogen and oxygen atoms in total. The molecule has 0 aliphatic rings. The van der Waals surface area contributed by atoms with E-state index in [9.17, 15) is 0 Å². The van der Waals surface area contributed by atoms with Gasteiger partial charge in [0.05, 0.1) is 21.4 Å². The fourth-order valence-corrected chi connectivity index (χ4v) is 2.06. The lowest BCUT2D eigenvalue weighted by Crippen LogP contribution is -1.90. The molecule has 0 aliphatic heterocycles. The number of nitrogens with zero attached hydrogens (tertiary/aromatic N) is 3. The van der Waals surface area contributed by atoms with Crippen molar-refractivity contribution in [3.63, 3.8) is 0 Å². The Hall–Kier alpha value is -1.55. The zero-order chi connectivity index (χ0) is 11.4. The largest absolute Gasteiger partial charge is 0.300 e. The molecule has 2 rings (SSSR count). The van der Waals surface area contributed by atoms with Crippen LogP contribution in [0.5, 0.6) is 0 Å². The Kier molecular flexibility index (Phi) is 3.41. The normalized spacial score (nSPS) is 12.8. The van der Waals surface area contributed by atoms with Crippen LogP contribution >= 0.6 is 11.3 Å². The Morgan fingerprint density at radius 2 is 2.38 bits per heavy atom. The summed E-state index contributed by atoms with van der Waals surface area (Å²) < 4.78 is 1.20. The van der Waals surface area contributed by atoms with Crippen molar-refractivity contribution < 1.29 is 0 Å². The van der Waals surface area contributed by atoms with Crippen LogP contribution < -0.4 is 0 Å². The highest BCUT2D eigenvalue weighted by Crippen LogP contribution is 2.23. The van der Waals surface area contributed by atoms with Gasteiger partial charge >= 0.3 is 0 Å². The maximum Gasteiger partial charge on any atom is 0.0833 e. The van der Waals surface area contributed by atoms with Gasteiger partial charge in [-0.05, 0) is 25.1 Å². The minimum Gasteiger partial charge on any atom is -0.300 e. The summed E-state index contributed by atoms with van der Waals surface area (Å²) in [5, 5.41) is 0. The van der Waals surface area contributed by atoms with E-state index in [1.807, 2.05) is 30.8 Å². The lowest BCUT2D eigenvalue weighted by molar-refractivity contribution is 1.39. The van der Waals surface area contributed by atoms with Gasteiger partial charge in [0.15, 0.2) is 0 Å². The molecular formula is C12H13N3S. The molecular weight excluding hydrogens is 218 g/mol. The van der Waals surface area contributed by atoms with Gasteiger partial charge in [-0.3, -0.25) is 4.99 Å². The van der Waals surface area contributed by atoms with Gasteiger partial charge < -0.3 is 4.99 Å².